The zero-order valence-electron chi connectivity index (χ0n) is 10.0. The molecule has 0 saturated heterocycles. The molecule has 3 aromatic rings. The van der Waals surface area contributed by atoms with E-state index in [-0.39, 0.29) is 21.4 Å². The number of nitro benzene ring substituents is 2. The average Bonchev–Trinajstić information content (AvgIpc) is 2.75. The lowest BCUT2D eigenvalue weighted by molar-refractivity contribution is -0.385. The van der Waals surface area contributed by atoms with Gasteiger partial charge in [-0.1, -0.05) is 0 Å². The lowest BCUT2D eigenvalue weighted by Gasteiger charge is -1.97. The zero-order chi connectivity index (χ0) is 15.3. The Morgan fingerprint density at radius 1 is 0.952 bits per heavy atom. The number of hydrogen-bond donors (Lipinski definition) is 0. The van der Waals surface area contributed by atoms with Crippen LogP contribution in [0.3, 0.4) is 0 Å². The third-order valence-electron chi connectivity index (χ3n) is 3.01. The van der Waals surface area contributed by atoms with E-state index in [1.54, 1.807) is 6.07 Å². The SMILES string of the molecule is O=[N+]([O-])c1cc2oc3ccc(Br)c([N+](=O)[O-])c3c2cc1Br. The predicted molar refractivity (Wildman–Crippen MR) is 82.4 cm³/mol. The van der Waals surface area contributed by atoms with Crippen molar-refractivity contribution in [1.29, 1.82) is 0 Å². The second-order valence-electron chi connectivity index (χ2n) is 4.19. The minimum Gasteiger partial charge on any atom is -0.456 e. The second kappa shape index (κ2) is 4.78. The Morgan fingerprint density at radius 2 is 1.67 bits per heavy atom. The normalized spacial score (nSPS) is 11.1. The van der Waals surface area contributed by atoms with E-state index in [0.717, 1.165) is 0 Å². The first-order valence-electron chi connectivity index (χ1n) is 5.53. The number of furan rings is 1. The molecule has 0 aliphatic carbocycles. The van der Waals surface area contributed by atoms with Crippen molar-refractivity contribution in [1.82, 2.24) is 0 Å². The van der Waals surface area contributed by atoms with Crippen LogP contribution in [0.5, 0.6) is 0 Å². The first-order valence-corrected chi connectivity index (χ1v) is 7.12. The van der Waals surface area contributed by atoms with Crippen LogP contribution in [-0.4, -0.2) is 9.85 Å². The first kappa shape index (κ1) is 14.0. The van der Waals surface area contributed by atoms with Gasteiger partial charge in [0, 0.05) is 5.39 Å². The number of hydrogen-bond acceptors (Lipinski definition) is 5. The number of nitrogens with zero attached hydrogens (tertiary/aromatic N) is 2. The maximum absolute atomic E-state index is 11.3. The van der Waals surface area contributed by atoms with Gasteiger partial charge in [0.2, 0.25) is 0 Å². The molecule has 0 amide bonds. The second-order valence-corrected chi connectivity index (χ2v) is 5.89. The molecule has 0 unspecified atom stereocenters. The average molecular weight is 416 g/mol. The lowest BCUT2D eigenvalue weighted by atomic mass is 10.1. The number of fused-ring (bicyclic) bond motifs is 3. The van der Waals surface area contributed by atoms with Gasteiger partial charge in [0.15, 0.2) is 0 Å². The summed E-state index contributed by atoms with van der Waals surface area (Å²) < 4.78 is 6.04. The monoisotopic (exact) mass is 414 g/mol. The van der Waals surface area contributed by atoms with E-state index in [0.29, 0.717) is 20.8 Å². The maximum atomic E-state index is 11.3. The summed E-state index contributed by atoms with van der Waals surface area (Å²) >= 11 is 6.24. The van der Waals surface area contributed by atoms with E-state index in [9.17, 15) is 20.2 Å². The van der Waals surface area contributed by atoms with Crippen LogP contribution in [0, 0.1) is 20.2 Å². The van der Waals surface area contributed by atoms with Gasteiger partial charge in [0.1, 0.15) is 16.6 Å². The van der Waals surface area contributed by atoms with E-state index in [1.807, 2.05) is 0 Å². The van der Waals surface area contributed by atoms with Crippen LogP contribution in [0.4, 0.5) is 11.4 Å². The molecule has 0 N–H and O–H groups in total. The molecule has 0 spiro atoms. The third-order valence-corrected chi connectivity index (χ3v) is 4.28. The Balaban J connectivity index is 2.51. The van der Waals surface area contributed by atoms with Gasteiger partial charge in [-0.3, -0.25) is 20.2 Å². The molecule has 0 atom stereocenters. The number of benzene rings is 2. The topological polar surface area (TPSA) is 99.4 Å². The standard InChI is InChI=1S/C12H4Br2N2O5/c13-6-1-2-9-11(12(6)16(19)20)5-3-7(14)8(15(17)18)4-10(5)21-9/h1-4H. The molecular weight excluding hydrogens is 412 g/mol. The van der Waals surface area contributed by atoms with Gasteiger partial charge >= 0.3 is 0 Å². The van der Waals surface area contributed by atoms with Crippen molar-refractivity contribution in [3.8, 4) is 0 Å². The molecule has 106 valence electrons. The van der Waals surface area contributed by atoms with Crippen LogP contribution in [0.2, 0.25) is 0 Å². The summed E-state index contributed by atoms with van der Waals surface area (Å²) in [5.41, 5.74) is 0.226. The Labute approximate surface area is 133 Å². The molecule has 21 heavy (non-hydrogen) atoms. The van der Waals surface area contributed by atoms with Gasteiger partial charge in [0.05, 0.1) is 24.9 Å². The molecule has 0 saturated carbocycles. The third kappa shape index (κ3) is 2.09. The summed E-state index contributed by atoms with van der Waals surface area (Å²) in [6.45, 7) is 0. The van der Waals surface area contributed by atoms with E-state index >= 15 is 0 Å². The van der Waals surface area contributed by atoms with Crippen molar-refractivity contribution in [3.63, 3.8) is 0 Å². The van der Waals surface area contributed by atoms with Gasteiger partial charge < -0.3 is 4.42 Å². The molecule has 0 aliphatic rings. The lowest BCUT2D eigenvalue weighted by Crippen LogP contribution is -1.91. The number of nitro groups is 2. The van der Waals surface area contributed by atoms with Crippen molar-refractivity contribution in [3.05, 3.63) is 53.4 Å². The van der Waals surface area contributed by atoms with Crippen LogP contribution in [-0.2, 0) is 0 Å². The van der Waals surface area contributed by atoms with Crippen LogP contribution in [0.15, 0.2) is 37.6 Å². The quantitative estimate of drug-likeness (QED) is 0.436. The molecule has 9 heteroatoms. The molecule has 0 fully saturated rings. The summed E-state index contributed by atoms with van der Waals surface area (Å²) in [7, 11) is 0. The van der Waals surface area contributed by atoms with Gasteiger partial charge in [-0.05, 0) is 50.1 Å². The molecule has 2 aromatic carbocycles. The van der Waals surface area contributed by atoms with Gasteiger partial charge in [-0.2, -0.15) is 0 Å². The molecule has 1 aromatic heterocycles. The Morgan fingerprint density at radius 3 is 2.29 bits per heavy atom. The van der Waals surface area contributed by atoms with Crippen LogP contribution in [0.1, 0.15) is 0 Å². The highest BCUT2D eigenvalue weighted by Crippen LogP contribution is 2.42. The fourth-order valence-electron chi connectivity index (χ4n) is 2.15. The fourth-order valence-corrected chi connectivity index (χ4v) is 3.12. The van der Waals surface area contributed by atoms with Crippen molar-refractivity contribution in [2.45, 2.75) is 0 Å². The summed E-state index contributed by atoms with van der Waals surface area (Å²) in [6.07, 6.45) is 0. The maximum Gasteiger partial charge on any atom is 0.295 e. The highest BCUT2D eigenvalue weighted by Gasteiger charge is 2.24. The summed E-state index contributed by atoms with van der Waals surface area (Å²) in [5, 5.41) is 22.9. The molecule has 0 bridgehead atoms. The minimum absolute atomic E-state index is 0.132. The molecule has 1 heterocycles. The van der Waals surface area contributed by atoms with Crippen molar-refractivity contribution < 1.29 is 14.3 Å². The highest BCUT2D eigenvalue weighted by atomic mass is 79.9. The molecular formula is C12H4Br2N2O5. The largest absolute Gasteiger partial charge is 0.456 e. The number of rotatable bonds is 2. The van der Waals surface area contributed by atoms with Crippen LogP contribution in [0.25, 0.3) is 21.9 Å². The van der Waals surface area contributed by atoms with Crippen molar-refractivity contribution in [2.75, 3.05) is 0 Å². The van der Waals surface area contributed by atoms with Gasteiger partial charge in [-0.15, -0.1) is 0 Å². The highest BCUT2D eigenvalue weighted by molar-refractivity contribution is 9.11. The predicted octanol–water partition coefficient (Wildman–Crippen LogP) is 4.93. The molecule has 3 rings (SSSR count). The fraction of sp³-hybridized carbons (Fsp3) is 0. The van der Waals surface area contributed by atoms with Gasteiger partial charge in [-0.25, -0.2) is 0 Å². The molecule has 0 radical (unpaired) electrons. The van der Waals surface area contributed by atoms with E-state index < -0.39 is 9.85 Å². The van der Waals surface area contributed by atoms with E-state index in [2.05, 4.69) is 31.9 Å². The van der Waals surface area contributed by atoms with Crippen LogP contribution >= 0.6 is 31.9 Å². The Hall–Kier alpha value is -2.00. The van der Waals surface area contributed by atoms with E-state index in [1.165, 1.54) is 18.2 Å². The smallest absolute Gasteiger partial charge is 0.295 e. The Bertz CT molecular complexity index is 934. The van der Waals surface area contributed by atoms with Crippen LogP contribution < -0.4 is 0 Å². The summed E-state index contributed by atoms with van der Waals surface area (Å²) in [6, 6.07) is 5.79. The van der Waals surface area contributed by atoms with Crippen molar-refractivity contribution >= 4 is 65.2 Å². The summed E-state index contributed by atoms with van der Waals surface area (Å²) in [5.74, 6) is 0. The van der Waals surface area contributed by atoms with E-state index in [4.69, 9.17) is 4.42 Å². The zero-order valence-corrected chi connectivity index (χ0v) is 13.2. The first-order chi connectivity index (χ1) is 9.90. The minimum atomic E-state index is -0.555. The Kier molecular flexibility index (Phi) is 3.18. The molecule has 7 nitrogen and oxygen atoms in total. The summed E-state index contributed by atoms with van der Waals surface area (Å²) in [4.78, 5) is 21.1. The van der Waals surface area contributed by atoms with Gasteiger partial charge in [0.25, 0.3) is 11.4 Å². The van der Waals surface area contributed by atoms with Crippen molar-refractivity contribution in [2.24, 2.45) is 0 Å². The number of halogens is 2. The molecule has 0 aliphatic heterocycles.